The van der Waals surface area contributed by atoms with Crippen LogP contribution in [0.1, 0.15) is 31.5 Å². The van der Waals surface area contributed by atoms with E-state index in [2.05, 4.69) is 20.6 Å². The maximum atomic E-state index is 13.0. The summed E-state index contributed by atoms with van der Waals surface area (Å²) >= 11 is 0. The van der Waals surface area contributed by atoms with Gasteiger partial charge in [0.2, 0.25) is 5.95 Å². The van der Waals surface area contributed by atoms with Gasteiger partial charge in [-0.2, -0.15) is 23.4 Å². The van der Waals surface area contributed by atoms with Crippen molar-refractivity contribution in [1.29, 1.82) is 5.26 Å². The molecule has 0 saturated carbocycles. The summed E-state index contributed by atoms with van der Waals surface area (Å²) < 4.78 is 39.1. The summed E-state index contributed by atoms with van der Waals surface area (Å²) in [6.45, 7) is 3.73. The highest BCUT2D eigenvalue weighted by Gasteiger charge is 2.33. The number of aromatic nitrogens is 2. The fourth-order valence-corrected chi connectivity index (χ4v) is 1.86. The van der Waals surface area contributed by atoms with E-state index >= 15 is 0 Å². The number of nitrogens with zero attached hydrogens (tertiary/aromatic N) is 3. The molecule has 0 radical (unpaired) electrons. The summed E-state index contributed by atoms with van der Waals surface area (Å²) in [5, 5.41) is 14.5. The van der Waals surface area contributed by atoms with Gasteiger partial charge in [0.1, 0.15) is 5.82 Å². The second kappa shape index (κ2) is 7.17. The van der Waals surface area contributed by atoms with Gasteiger partial charge in [-0.05, 0) is 31.5 Å². The Balaban J connectivity index is 2.37. The molecule has 2 aromatic rings. The minimum absolute atomic E-state index is 0.00165. The van der Waals surface area contributed by atoms with E-state index < -0.39 is 11.9 Å². The van der Waals surface area contributed by atoms with Crippen molar-refractivity contribution in [2.45, 2.75) is 32.5 Å². The third-order valence-electron chi connectivity index (χ3n) is 3.27. The maximum Gasteiger partial charge on any atom is 0.433 e. The molecular formula is C16H16F3N5. The summed E-state index contributed by atoms with van der Waals surface area (Å²) in [5.41, 5.74) is -0.180. The Bertz CT molecular complexity index is 752. The highest BCUT2D eigenvalue weighted by atomic mass is 19.4. The van der Waals surface area contributed by atoms with Crippen molar-refractivity contribution in [2.24, 2.45) is 0 Å². The standard InChI is InChI=1S/C16H16F3N5/c1-3-10(2)21-15-23-13(16(17,18)19)8-14(24-15)22-12-6-4-5-11(7-12)9-20/h4-8,10H,3H2,1-2H3,(H2,21,22,23,24)/t10-/m0/s1. The number of alkyl halides is 3. The predicted octanol–water partition coefficient (Wildman–Crippen LogP) is 4.32. The molecule has 2 N–H and O–H groups in total. The summed E-state index contributed by atoms with van der Waals surface area (Å²) in [6, 6.07) is 9.13. The van der Waals surface area contributed by atoms with Crippen LogP contribution in [0.4, 0.5) is 30.6 Å². The summed E-state index contributed by atoms with van der Waals surface area (Å²) in [6.07, 6.45) is -3.87. The zero-order valence-electron chi connectivity index (χ0n) is 13.1. The van der Waals surface area contributed by atoms with Gasteiger partial charge in [-0.15, -0.1) is 0 Å². The van der Waals surface area contributed by atoms with Crippen molar-refractivity contribution >= 4 is 17.5 Å². The van der Waals surface area contributed by atoms with Gasteiger partial charge in [0.25, 0.3) is 0 Å². The van der Waals surface area contributed by atoms with Gasteiger partial charge in [0.05, 0.1) is 11.6 Å². The molecule has 1 aromatic carbocycles. The summed E-state index contributed by atoms with van der Waals surface area (Å²) in [5.74, 6) is -0.101. The molecule has 0 saturated heterocycles. The second-order valence-electron chi connectivity index (χ2n) is 5.23. The van der Waals surface area contributed by atoms with Crippen LogP contribution in [0.15, 0.2) is 30.3 Å². The third-order valence-corrected chi connectivity index (χ3v) is 3.27. The van der Waals surface area contributed by atoms with E-state index in [0.717, 1.165) is 6.07 Å². The highest BCUT2D eigenvalue weighted by Crippen LogP contribution is 2.30. The number of anilines is 3. The van der Waals surface area contributed by atoms with Gasteiger partial charge >= 0.3 is 6.18 Å². The number of nitrogens with one attached hydrogen (secondary N) is 2. The van der Waals surface area contributed by atoms with Gasteiger partial charge in [-0.3, -0.25) is 0 Å². The minimum Gasteiger partial charge on any atom is -0.352 e. The Morgan fingerprint density at radius 3 is 2.62 bits per heavy atom. The SMILES string of the molecule is CC[C@H](C)Nc1nc(Nc2cccc(C#N)c2)cc(C(F)(F)F)n1. The van der Waals surface area contributed by atoms with Crippen LogP contribution in [-0.4, -0.2) is 16.0 Å². The van der Waals surface area contributed by atoms with E-state index in [1.807, 2.05) is 19.9 Å². The number of benzene rings is 1. The molecule has 0 bridgehead atoms. The van der Waals surface area contributed by atoms with Crippen LogP contribution in [0.25, 0.3) is 0 Å². The molecule has 126 valence electrons. The lowest BCUT2D eigenvalue weighted by atomic mass is 10.2. The van der Waals surface area contributed by atoms with Crippen LogP contribution in [0, 0.1) is 11.3 Å². The summed E-state index contributed by atoms with van der Waals surface area (Å²) in [7, 11) is 0. The first-order valence-electron chi connectivity index (χ1n) is 7.32. The van der Waals surface area contributed by atoms with E-state index in [1.54, 1.807) is 18.2 Å². The lowest BCUT2D eigenvalue weighted by Crippen LogP contribution is -2.18. The van der Waals surface area contributed by atoms with Crippen LogP contribution in [0.5, 0.6) is 0 Å². The van der Waals surface area contributed by atoms with E-state index in [9.17, 15) is 13.2 Å². The molecule has 1 atom stereocenters. The zero-order chi connectivity index (χ0) is 17.7. The molecule has 5 nitrogen and oxygen atoms in total. The van der Waals surface area contributed by atoms with Crippen LogP contribution >= 0.6 is 0 Å². The van der Waals surface area contributed by atoms with Gasteiger partial charge in [0, 0.05) is 17.8 Å². The lowest BCUT2D eigenvalue weighted by Gasteiger charge is -2.15. The monoisotopic (exact) mass is 335 g/mol. The number of hydrogen-bond acceptors (Lipinski definition) is 5. The predicted molar refractivity (Wildman–Crippen MR) is 84.8 cm³/mol. The number of rotatable bonds is 5. The van der Waals surface area contributed by atoms with Gasteiger partial charge < -0.3 is 10.6 Å². The fraction of sp³-hybridized carbons (Fsp3) is 0.312. The molecule has 0 spiro atoms. The number of nitriles is 1. The average molecular weight is 335 g/mol. The molecule has 24 heavy (non-hydrogen) atoms. The number of hydrogen-bond donors (Lipinski definition) is 2. The van der Waals surface area contributed by atoms with Crippen molar-refractivity contribution in [2.75, 3.05) is 10.6 Å². The van der Waals surface area contributed by atoms with E-state index in [1.165, 1.54) is 6.07 Å². The van der Waals surface area contributed by atoms with E-state index in [0.29, 0.717) is 17.7 Å². The second-order valence-corrected chi connectivity index (χ2v) is 5.23. The molecule has 0 aliphatic rings. The Morgan fingerprint density at radius 1 is 1.25 bits per heavy atom. The van der Waals surface area contributed by atoms with Gasteiger partial charge in [-0.25, -0.2) is 4.98 Å². The smallest absolute Gasteiger partial charge is 0.352 e. The van der Waals surface area contributed by atoms with Crippen molar-refractivity contribution in [3.8, 4) is 6.07 Å². The normalized spacial score (nSPS) is 12.3. The van der Waals surface area contributed by atoms with Crippen LogP contribution < -0.4 is 10.6 Å². The van der Waals surface area contributed by atoms with Gasteiger partial charge in [-0.1, -0.05) is 13.0 Å². The third kappa shape index (κ3) is 4.59. The van der Waals surface area contributed by atoms with E-state index in [-0.39, 0.29) is 17.8 Å². The largest absolute Gasteiger partial charge is 0.433 e. The van der Waals surface area contributed by atoms with E-state index in [4.69, 9.17) is 5.26 Å². The number of halogens is 3. The van der Waals surface area contributed by atoms with Crippen LogP contribution in [0.2, 0.25) is 0 Å². The zero-order valence-corrected chi connectivity index (χ0v) is 13.1. The summed E-state index contributed by atoms with van der Waals surface area (Å²) in [4.78, 5) is 7.60. The van der Waals surface area contributed by atoms with Crippen molar-refractivity contribution in [3.63, 3.8) is 0 Å². The first kappa shape index (κ1) is 17.5. The minimum atomic E-state index is -4.58. The fourth-order valence-electron chi connectivity index (χ4n) is 1.86. The molecular weight excluding hydrogens is 319 g/mol. The molecule has 0 unspecified atom stereocenters. The first-order valence-corrected chi connectivity index (χ1v) is 7.32. The Kier molecular flexibility index (Phi) is 5.24. The topological polar surface area (TPSA) is 73.6 Å². The average Bonchev–Trinajstić information content (AvgIpc) is 2.53. The van der Waals surface area contributed by atoms with Gasteiger partial charge in [0.15, 0.2) is 5.69 Å². The molecule has 2 rings (SSSR count). The quantitative estimate of drug-likeness (QED) is 0.851. The Labute approximate surface area is 137 Å². The molecule has 8 heteroatoms. The first-order chi connectivity index (χ1) is 11.3. The van der Waals surface area contributed by atoms with Crippen LogP contribution in [-0.2, 0) is 6.18 Å². The molecule has 0 aliphatic carbocycles. The molecule has 1 heterocycles. The van der Waals surface area contributed by atoms with Crippen molar-refractivity contribution in [3.05, 3.63) is 41.6 Å². The van der Waals surface area contributed by atoms with Crippen molar-refractivity contribution in [1.82, 2.24) is 9.97 Å². The van der Waals surface area contributed by atoms with Crippen molar-refractivity contribution < 1.29 is 13.2 Å². The molecule has 0 amide bonds. The molecule has 1 aromatic heterocycles. The highest BCUT2D eigenvalue weighted by molar-refractivity contribution is 5.59. The molecule has 0 aliphatic heterocycles. The van der Waals surface area contributed by atoms with Crippen LogP contribution in [0.3, 0.4) is 0 Å². The lowest BCUT2D eigenvalue weighted by molar-refractivity contribution is -0.141. The Hall–Kier alpha value is -2.82. The Morgan fingerprint density at radius 2 is 2.00 bits per heavy atom. The molecule has 0 fully saturated rings. The maximum absolute atomic E-state index is 13.0.